The minimum atomic E-state index is -4.32. The third kappa shape index (κ3) is 5.24. The number of benzene rings is 1. The predicted molar refractivity (Wildman–Crippen MR) is 98.7 cm³/mol. The molecule has 0 saturated heterocycles. The molecule has 1 aromatic carbocycles. The van der Waals surface area contributed by atoms with Crippen LogP contribution in [-0.2, 0) is 12.7 Å². The molecule has 0 saturated carbocycles. The number of halogens is 3. The van der Waals surface area contributed by atoms with Crippen LogP contribution in [0.3, 0.4) is 0 Å². The molecule has 148 valence electrons. The molecular weight excluding hydrogens is 357 g/mol. The molecule has 8 heteroatoms. The van der Waals surface area contributed by atoms with Gasteiger partial charge in [0.25, 0.3) is 0 Å². The quantitative estimate of drug-likeness (QED) is 0.624. The lowest BCUT2D eigenvalue weighted by molar-refractivity contribution is -0.137. The summed E-state index contributed by atoms with van der Waals surface area (Å²) in [5.41, 5.74) is 2.06. The molecular formula is C19H25F3N4O. The minimum Gasteiger partial charge on any atom is -0.361 e. The zero-order valence-electron chi connectivity index (χ0n) is 16.2. The molecule has 0 aliphatic rings. The van der Waals surface area contributed by atoms with Gasteiger partial charge in [-0.05, 0) is 31.5 Å². The van der Waals surface area contributed by atoms with Crippen molar-refractivity contribution in [1.82, 2.24) is 15.4 Å². The summed E-state index contributed by atoms with van der Waals surface area (Å²) < 4.78 is 43.2. The number of hydrogen-bond donors (Lipinski definition) is 1. The second-order valence-electron chi connectivity index (χ2n) is 6.62. The van der Waals surface area contributed by atoms with E-state index in [0.717, 1.165) is 34.7 Å². The molecule has 0 spiro atoms. The molecule has 1 N–H and O–H groups in total. The van der Waals surface area contributed by atoms with E-state index in [1.165, 1.54) is 12.1 Å². The van der Waals surface area contributed by atoms with Gasteiger partial charge in [0.15, 0.2) is 5.96 Å². The highest BCUT2D eigenvalue weighted by atomic mass is 19.4. The largest absolute Gasteiger partial charge is 0.416 e. The second-order valence-corrected chi connectivity index (χ2v) is 6.62. The van der Waals surface area contributed by atoms with Crippen molar-refractivity contribution < 1.29 is 17.7 Å². The Morgan fingerprint density at radius 1 is 1.26 bits per heavy atom. The Hall–Kier alpha value is -2.51. The number of aliphatic imine (C=N–C) groups is 1. The molecule has 27 heavy (non-hydrogen) atoms. The van der Waals surface area contributed by atoms with E-state index >= 15 is 0 Å². The number of aromatic nitrogens is 1. The fourth-order valence-corrected chi connectivity index (χ4v) is 3.07. The summed E-state index contributed by atoms with van der Waals surface area (Å²) in [5.74, 6) is 1.64. The summed E-state index contributed by atoms with van der Waals surface area (Å²) in [6, 6.07) is 5.16. The Morgan fingerprint density at radius 3 is 2.37 bits per heavy atom. The highest BCUT2D eigenvalue weighted by Gasteiger charge is 2.30. The van der Waals surface area contributed by atoms with E-state index in [9.17, 15) is 13.2 Å². The molecule has 0 aliphatic carbocycles. The number of hydrogen-bond acceptors (Lipinski definition) is 3. The molecule has 1 unspecified atom stereocenters. The molecule has 0 bridgehead atoms. The van der Waals surface area contributed by atoms with E-state index < -0.39 is 11.7 Å². The standard InChI is InChI=1S/C19H25F3N4O/c1-12(17-13(2)25-27-14(17)3)10-24-18(23-4)26(5)11-15-6-8-16(9-7-15)19(20,21)22/h6-9,12H,10-11H2,1-5H3,(H,23,24). The molecule has 0 aliphatic heterocycles. The summed E-state index contributed by atoms with van der Waals surface area (Å²) in [7, 11) is 3.51. The van der Waals surface area contributed by atoms with Crippen molar-refractivity contribution in [3.05, 3.63) is 52.4 Å². The lowest BCUT2D eigenvalue weighted by atomic mass is 10.00. The van der Waals surface area contributed by atoms with Crippen LogP contribution < -0.4 is 5.32 Å². The van der Waals surface area contributed by atoms with Crippen LogP contribution >= 0.6 is 0 Å². The van der Waals surface area contributed by atoms with E-state index in [1.54, 1.807) is 7.05 Å². The SMILES string of the molecule is CN=C(NCC(C)c1c(C)noc1C)N(C)Cc1ccc(C(F)(F)F)cc1. The zero-order chi connectivity index (χ0) is 20.2. The van der Waals surface area contributed by atoms with Crippen molar-refractivity contribution >= 4 is 5.96 Å². The maximum atomic E-state index is 12.7. The van der Waals surface area contributed by atoms with Crippen LogP contribution in [0.5, 0.6) is 0 Å². The summed E-state index contributed by atoms with van der Waals surface area (Å²) >= 11 is 0. The molecule has 0 amide bonds. The van der Waals surface area contributed by atoms with Gasteiger partial charge in [-0.1, -0.05) is 24.2 Å². The predicted octanol–water partition coefficient (Wildman–Crippen LogP) is 4.12. The van der Waals surface area contributed by atoms with Crippen molar-refractivity contribution in [3.8, 4) is 0 Å². The summed E-state index contributed by atoms with van der Waals surface area (Å²) in [6.07, 6.45) is -4.32. The number of nitrogens with zero attached hydrogens (tertiary/aromatic N) is 3. The van der Waals surface area contributed by atoms with Crippen LogP contribution in [0.4, 0.5) is 13.2 Å². The van der Waals surface area contributed by atoms with Gasteiger partial charge in [-0.25, -0.2) is 0 Å². The third-order valence-electron chi connectivity index (χ3n) is 4.42. The lowest BCUT2D eigenvalue weighted by Gasteiger charge is -2.24. The second kappa shape index (κ2) is 8.45. The molecule has 5 nitrogen and oxygen atoms in total. The summed E-state index contributed by atoms with van der Waals surface area (Å²) in [6.45, 7) is 6.94. The monoisotopic (exact) mass is 382 g/mol. The molecule has 0 radical (unpaired) electrons. The molecule has 1 heterocycles. The first-order chi connectivity index (χ1) is 12.6. The van der Waals surface area contributed by atoms with Crippen molar-refractivity contribution in [2.24, 2.45) is 4.99 Å². The van der Waals surface area contributed by atoms with Gasteiger partial charge in [0.1, 0.15) is 5.76 Å². The van der Waals surface area contributed by atoms with E-state index in [4.69, 9.17) is 4.52 Å². The van der Waals surface area contributed by atoms with Gasteiger partial charge in [-0.2, -0.15) is 13.2 Å². The van der Waals surface area contributed by atoms with Crippen molar-refractivity contribution in [2.45, 2.75) is 39.4 Å². The molecule has 2 aromatic rings. The first-order valence-corrected chi connectivity index (χ1v) is 8.64. The Balaban J connectivity index is 1.97. The normalized spacial score (nSPS) is 13.6. The van der Waals surface area contributed by atoms with Crippen molar-refractivity contribution in [3.63, 3.8) is 0 Å². The number of nitrogens with one attached hydrogen (secondary N) is 1. The third-order valence-corrected chi connectivity index (χ3v) is 4.42. The number of rotatable bonds is 5. The Kier molecular flexibility index (Phi) is 6.51. The van der Waals surface area contributed by atoms with Gasteiger partial charge in [0, 0.05) is 38.7 Å². The number of alkyl halides is 3. The number of aryl methyl sites for hydroxylation is 2. The first-order valence-electron chi connectivity index (χ1n) is 8.64. The Bertz CT molecular complexity index is 762. The minimum absolute atomic E-state index is 0.174. The van der Waals surface area contributed by atoms with E-state index in [-0.39, 0.29) is 5.92 Å². The molecule has 1 atom stereocenters. The van der Waals surface area contributed by atoms with Crippen LogP contribution in [0.25, 0.3) is 0 Å². The van der Waals surface area contributed by atoms with Crippen LogP contribution in [-0.4, -0.2) is 36.7 Å². The topological polar surface area (TPSA) is 53.7 Å². The van der Waals surface area contributed by atoms with Gasteiger partial charge in [0.2, 0.25) is 0 Å². The summed E-state index contributed by atoms with van der Waals surface area (Å²) in [5, 5.41) is 7.27. The van der Waals surface area contributed by atoms with Crippen LogP contribution in [0.15, 0.2) is 33.8 Å². The molecule has 2 rings (SSSR count). The van der Waals surface area contributed by atoms with Gasteiger partial charge < -0.3 is 14.7 Å². The van der Waals surface area contributed by atoms with E-state index in [0.29, 0.717) is 19.0 Å². The lowest BCUT2D eigenvalue weighted by Crippen LogP contribution is -2.40. The van der Waals surface area contributed by atoms with Crippen molar-refractivity contribution in [1.29, 1.82) is 0 Å². The average molecular weight is 382 g/mol. The maximum Gasteiger partial charge on any atom is 0.416 e. The van der Waals surface area contributed by atoms with Gasteiger partial charge in [-0.3, -0.25) is 4.99 Å². The van der Waals surface area contributed by atoms with Crippen molar-refractivity contribution in [2.75, 3.05) is 20.6 Å². The van der Waals surface area contributed by atoms with Gasteiger partial charge in [0.05, 0.1) is 11.3 Å². The average Bonchev–Trinajstić information content (AvgIpc) is 2.93. The van der Waals surface area contributed by atoms with Gasteiger partial charge in [-0.15, -0.1) is 0 Å². The summed E-state index contributed by atoms with van der Waals surface area (Å²) in [4.78, 5) is 6.12. The van der Waals surface area contributed by atoms with E-state index in [1.807, 2.05) is 25.8 Å². The van der Waals surface area contributed by atoms with Crippen LogP contribution in [0.1, 0.15) is 41.0 Å². The fraction of sp³-hybridized carbons (Fsp3) is 0.474. The van der Waals surface area contributed by atoms with E-state index in [2.05, 4.69) is 22.4 Å². The zero-order valence-corrected chi connectivity index (χ0v) is 16.2. The first kappa shape index (κ1) is 20.8. The van der Waals surface area contributed by atoms with Crippen LogP contribution in [0.2, 0.25) is 0 Å². The fourth-order valence-electron chi connectivity index (χ4n) is 3.07. The number of guanidine groups is 1. The van der Waals surface area contributed by atoms with Crippen LogP contribution in [0, 0.1) is 13.8 Å². The Morgan fingerprint density at radius 2 is 1.89 bits per heavy atom. The Labute approximate surface area is 157 Å². The molecule has 1 aromatic heterocycles. The highest BCUT2D eigenvalue weighted by Crippen LogP contribution is 2.29. The smallest absolute Gasteiger partial charge is 0.361 e. The molecule has 0 fully saturated rings. The highest BCUT2D eigenvalue weighted by molar-refractivity contribution is 5.79. The van der Waals surface area contributed by atoms with Gasteiger partial charge >= 0.3 is 6.18 Å². The maximum absolute atomic E-state index is 12.7.